The van der Waals surface area contributed by atoms with Gasteiger partial charge in [0.2, 0.25) is 11.8 Å². The average molecular weight is 336 g/mol. The molecule has 6 nitrogen and oxygen atoms in total. The molecule has 2 amide bonds. The van der Waals surface area contributed by atoms with E-state index in [1.54, 1.807) is 12.1 Å². The molecule has 0 spiro atoms. The van der Waals surface area contributed by atoms with Crippen molar-refractivity contribution >= 4 is 11.8 Å². The number of nitrogens with zero attached hydrogens (tertiary/aromatic N) is 1. The van der Waals surface area contributed by atoms with Crippen molar-refractivity contribution in [2.24, 2.45) is 5.92 Å². The number of likely N-dealkylation sites (tertiary alicyclic amines) is 1. The first-order valence-electron chi connectivity index (χ1n) is 8.73. The Labute approximate surface area is 143 Å². The quantitative estimate of drug-likeness (QED) is 0.763. The molecule has 0 aliphatic carbocycles. The third-order valence-corrected chi connectivity index (χ3v) is 4.60. The molecular weight excluding hydrogens is 308 g/mol. The molecule has 0 bridgehead atoms. The number of rotatable bonds is 8. The highest BCUT2D eigenvalue weighted by molar-refractivity contribution is 5.89. The topological polar surface area (TPSA) is 82.8 Å². The van der Waals surface area contributed by atoms with Crippen LogP contribution in [0.2, 0.25) is 0 Å². The number of hydrogen-bond donors (Lipinski definition) is 2. The second-order valence-electron chi connectivity index (χ2n) is 6.76. The van der Waals surface area contributed by atoms with Crippen LogP contribution in [0.15, 0.2) is 22.8 Å². The Morgan fingerprint density at radius 3 is 2.88 bits per heavy atom. The third-order valence-electron chi connectivity index (χ3n) is 4.60. The van der Waals surface area contributed by atoms with Crippen LogP contribution in [0.1, 0.15) is 58.3 Å². The smallest absolute Gasteiger partial charge is 0.225 e. The van der Waals surface area contributed by atoms with E-state index < -0.39 is 6.10 Å². The van der Waals surface area contributed by atoms with Crippen molar-refractivity contribution < 1.29 is 19.1 Å². The lowest BCUT2D eigenvalue weighted by molar-refractivity contribution is -0.130. The predicted octanol–water partition coefficient (Wildman–Crippen LogP) is 2.24. The average Bonchev–Trinajstić information content (AvgIpc) is 3.16. The molecular formula is C18H28N2O4. The first-order valence-corrected chi connectivity index (χ1v) is 8.73. The fraction of sp³-hybridized carbons (Fsp3) is 0.667. The van der Waals surface area contributed by atoms with E-state index in [0.717, 1.165) is 12.8 Å². The molecule has 134 valence electrons. The molecule has 0 saturated carbocycles. The van der Waals surface area contributed by atoms with E-state index in [2.05, 4.69) is 12.2 Å². The standard InChI is InChI=1S/C18H28N2O4/c1-4-6-13(3)20-11-14(10-17(20)22)18(23)19-12(2)9-15(21)16-7-5-8-24-16/h5,7-8,12-15,21H,4,6,9-11H2,1-3H3,(H,19,23). The van der Waals surface area contributed by atoms with Gasteiger partial charge in [0.25, 0.3) is 0 Å². The van der Waals surface area contributed by atoms with Crippen molar-refractivity contribution in [3.63, 3.8) is 0 Å². The van der Waals surface area contributed by atoms with Crippen LogP contribution in [0.3, 0.4) is 0 Å². The summed E-state index contributed by atoms with van der Waals surface area (Å²) < 4.78 is 5.16. The van der Waals surface area contributed by atoms with Crippen LogP contribution in [0, 0.1) is 5.92 Å². The van der Waals surface area contributed by atoms with Crippen LogP contribution >= 0.6 is 0 Å². The Hall–Kier alpha value is -1.82. The minimum atomic E-state index is -0.749. The summed E-state index contributed by atoms with van der Waals surface area (Å²) in [6, 6.07) is 3.41. The van der Waals surface area contributed by atoms with Crippen molar-refractivity contribution in [1.29, 1.82) is 0 Å². The summed E-state index contributed by atoms with van der Waals surface area (Å²) in [5.74, 6) is 0.125. The van der Waals surface area contributed by atoms with Gasteiger partial charge < -0.3 is 19.7 Å². The van der Waals surface area contributed by atoms with Gasteiger partial charge in [-0.15, -0.1) is 0 Å². The van der Waals surface area contributed by atoms with Crippen LogP contribution in [-0.4, -0.2) is 40.4 Å². The highest BCUT2D eigenvalue weighted by Crippen LogP contribution is 2.23. The van der Waals surface area contributed by atoms with E-state index in [1.165, 1.54) is 6.26 Å². The van der Waals surface area contributed by atoms with Gasteiger partial charge in [0.05, 0.1) is 12.2 Å². The lowest BCUT2D eigenvalue weighted by Gasteiger charge is -2.24. The van der Waals surface area contributed by atoms with Crippen molar-refractivity contribution in [3.05, 3.63) is 24.2 Å². The highest BCUT2D eigenvalue weighted by atomic mass is 16.4. The summed E-state index contributed by atoms with van der Waals surface area (Å²) in [7, 11) is 0. The highest BCUT2D eigenvalue weighted by Gasteiger charge is 2.36. The molecule has 1 aromatic heterocycles. The van der Waals surface area contributed by atoms with Crippen LogP contribution in [0.5, 0.6) is 0 Å². The molecule has 1 aromatic rings. The van der Waals surface area contributed by atoms with Gasteiger partial charge in [-0.1, -0.05) is 13.3 Å². The zero-order valence-electron chi connectivity index (χ0n) is 14.7. The number of amides is 2. The van der Waals surface area contributed by atoms with Crippen molar-refractivity contribution in [2.45, 2.75) is 64.6 Å². The SMILES string of the molecule is CCCC(C)N1CC(C(=O)NC(C)CC(O)c2ccco2)CC1=O. The fourth-order valence-corrected chi connectivity index (χ4v) is 3.26. The largest absolute Gasteiger partial charge is 0.467 e. The molecule has 1 aliphatic rings. The van der Waals surface area contributed by atoms with Crippen molar-refractivity contribution in [2.75, 3.05) is 6.54 Å². The molecule has 0 aromatic carbocycles. The van der Waals surface area contributed by atoms with E-state index in [4.69, 9.17) is 4.42 Å². The van der Waals surface area contributed by atoms with Gasteiger partial charge in [-0.25, -0.2) is 0 Å². The Morgan fingerprint density at radius 1 is 1.50 bits per heavy atom. The molecule has 2 N–H and O–H groups in total. The summed E-state index contributed by atoms with van der Waals surface area (Å²) in [5, 5.41) is 13.0. The monoisotopic (exact) mass is 336 g/mol. The maximum Gasteiger partial charge on any atom is 0.225 e. The van der Waals surface area contributed by atoms with E-state index in [9.17, 15) is 14.7 Å². The fourth-order valence-electron chi connectivity index (χ4n) is 3.26. The van der Waals surface area contributed by atoms with Crippen LogP contribution < -0.4 is 5.32 Å². The number of nitrogens with one attached hydrogen (secondary N) is 1. The lowest BCUT2D eigenvalue weighted by Crippen LogP contribution is -2.40. The van der Waals surface area contributed by atoms with Gasteiger partial charge in [-0.05, 0) is 32.4 Å². The zero-order chi connectivity index (χ0) is 17.7. The molecule has 2 heterocycles. The first kappa shape index (κ1) is 18.5. The van der Waals surface area contributed by atoms with Crippen molar-refractivity contribution in [3.8, 4) is 0 Å². The van der Waals surface area contributed by atoms with Gasteiger partial charge in [-0.3, -0.25) is 9.59 Å². The Kier molecular flexibility index (Phi) is 6.43. The number of hydrogen-bond acceptors (Lipinski definition) is 4. The molecule has 6 heteroatoms. The van der Waals surface area contributed by atoms with Gasteiger partial charge in [0.1, 0.15) is 11.9 Å². The second-order valence-corrected chi connectivity index (χ2v) is 6.76. The Balaban J connectivity index is 1.83. The molecule has 1 aliphatic heterocycles. The molecule has 1 saturated heterocycles. The number of aliphatic hydroxyl groups is 1. The number of furan rings is 1. The van der Waals surface area contributed by atoms with E-state index >= 15 is 0 Å². The summed E-state index contributed by atoms with van der Waals surface area (Å²) in [5.41, 5.74) is 0. The molecule has 4 unspecified atom stereocenters. The number of aliphatic hydroxyl groups excluding tert-OH is 1. The maximum atomic E-state index is 12.4. The van der Waals surface area contributed by atoms with Gasteiger partial charge in [0, 0.05) is 31.5 Å². The summed E-state index contributed by atoms with van der Waals surface area (Å²) >= 11 is 0. The van der Waals surface area contributed by atoms with Gasteiger partial charge >= 0.3 is 0 Å². The minimum Gasteiger partial charge on any atom is -0.467 e. The lowest BCUT2D eigenvalue weighted by atomic mass is 10.1. The number of carbonyl (C=O) groups excluding carboxylic acids is 2. The summed E-state index contributed by atoms with van der Waals surface area (Å²) in [6.45, 7) is 6.45. The van der Waals surface area contributed by atoms with Gasteiger partial charge in [-0.2, -0.15) is 0 Å². The molecule has 24 heavy (non-hydrogen) atoms. The van der Waals surface area contributed by atoms with Gasteiger partial charge in [0.15, 0.2) is 0 Å². The minimum absolute atomic E-state index is 0.0550. The Morgan fingerprint density at radius 2 is 2.25 bits per heavy atom. The molecule has 2 rings (SSSR count). The third kappa shape index (κ3) is 4.60. The van der Waals surface area contributed by atoms with E-state index in [1.807, 2.05) is 18.7 Å². The van der Waals surface area contributed by atoms with E-state index in [0.29, 0.717) is 18.7 Å². The van der Waals surface area contributed by atoms with E-state index in [-0.39, 0.29) is 36.2 Å². The normalized spacial score (nSPS) is 21.6. The second kappa shape index (κ2) is 8.33. The molecule has 4 atom stereocenters. The van der Waals surface area contributed by atoms with Crippen LogP contribution in [0.4, 0.5) is 0 Å². The summed E-state index contributed by atoms with van der Waals surface area (Å²) in [6.07, 6.45) is 3.37. The Bertz CT molecular complexity index is 543. The first-order chi connectivity index (χ1) is 11.4. The van der Waals surface area contributed by atoms with Crippen LogP contribution in [0.25, 0.3) is 0 Å². The van der Waals surface area contributed by atoms with Crippen molar-refractivity contribution in [1.82, 2.24) is 10.2 Å². The number of carbonyl (C=O) groups is 2. The maximum absolute atomic E-state index is 12.4. The molecule has 1 fully saturated rings. The van der Waals surface area contributed by atoms with Crippen LogP contribution in [-0.2, 0) is 9.59 Å². The zero-order valence-corrected chi connectivity index (χ0v) is 14.7. The predicted molar refractivity (Wildman–Crippen MR) is 90.1 cm³/mol. The molecule has 0 radical (unpaired) electrons. The summed E-state index contributed by atoms with van der Waals surface area (Å²) in [4.78, 5) is 26.3.